The maximum atomic E-state index is 6.06. The minimum atomic E-state index is 0.0165. The van der Waals surface area contributed by atoms with Crippen LogP contribution in [0.3, 0.4) is 0 Å². The summed E-state index contributed by atoms with van der Waals surface area (Å²) in [5.41, 5.74) is 5.71. The van der Waals surface area contributed by atoms with Gasteiger partial charge in [-0.25, -0.2) is 0 Å². The van der Waals surface area contributed by atoms with Crippen molar-refractivity contribution in [1.29, 1.82) is 0 Å². The topological polar surface area (TPSA) is 33.1 Å². The van der Waals surface area contributed by atoms with Gasteiger partial charge in [-0.05, 0) is 74.1 Å². The number of rotatable bonds is 3. The van der Waals surface area contributed by atoms with Gasteiger partial charge >= 0.3 is 0 Å². The Hall–Kier alpha value is -2.37. The number of aromatic nitrogens is 2. The molecular weight excluding hydrogens is 376 g/mol. The van der Waals surface area contributed by atoms with E-state index in [0.717, 1.165) is 21.5 Å². The Labute approximate surface area is 169 Å². The van der Waals surface area contributed by atoms with Crippen LogP contribution in [0.15, 0.2) is 54.7 Å². The molecule has 1 fully saturated rings. The first kappa shape index (κ1) is 18.0. The summed E-state index contributed by atoms with van der Waals surface area (Å²) in [5.74, 6) is 0. The highest BCUT2D eigenvalue weighted by molar-refractivity contribution is 7.80. The van der Waals surface area contributed by atoms with Crippen LogP contribution in [0.4, 0.5) is 0 Å². The van der Waals surface area contributed by atoms with Crippen LogP contribution in [-0.2, 0) is 0 Å². The van der Waals surface area contributed by atoms with E-state index in [1.165, 1.54) is 17.0 Å². The predicted octanol–water partition coefficient (Wildman–Crippen LogP) is 4.74. The lowest BCUT2D eigenvalue weighted by Crippen LogP contribution is -2.25. The third kappa shape index (κ3) is 3.11. The summed E-state index contributed by atoms with van der Waals surface area (Å²) in [5, 5.41) is 4.92. The van der Waals surface area contributed by atoms with Gasteiger partial charge in [-0.2, -0.15) is 0 Å². The quantitative estimate of drug-likeness (QED) is 0.648. The van der Waals surface area contributed by atoms with E-state index in [2.05, 4.69) is 39.7 Å². The van der Waals surface area contributed by atoms with Crippen LogP contribution in [0.1, 0.15) is 34.7 Å². The maximum Gasteiger partial charge on any atom is 0.169 e. The first-order valence-electron chi connectivity index (χ1n) is 8.86. The molecule has 0 radical (unpaired) electrons. The molecule has 4 nitrogen and oxygen atoms in total. The number of halogens is 1. The molecule has 0 aliphatic carbocycles. The number of pyridine rings is 1. The lowest BCUT2D eigenvalue weighted by molar-refractivity contribution is 0.367. The number of hydrogen-bond acceptors (Lipinski definition) is 2. The van der Waals surface area contributed by atoms with E-state index in [0.29, 0.717) is 0 Å². The predicted molar refractivity (Wildman–Crippen MR) is 113 cm³/mol. The summed E-state index contributed by atoms with van der Waals surface area (Å²) in [6.07, 6.45) is 1.83. The zero-order valence-corrected chi connectivity index (χ0v) is 17.1. The molecule has 1 aromatic carbocycles. The average molecular weight is 397 g/mol. The Morgan fingerprint density at radius 3 is 2.52 bits per heavy atom. The third-order valence-corrected chi connectivity index (χ3v) is 5.87. The van der Waals surface area contributed by atoms with Gasteiger partial charge in [0.15, 0.2) is 5.11 Å². The summed E-state index contributed by atoms with van der Waals surface area (Å²) in [4.78, 5) is 6.69. The van der Waals surface area contributed by atoms with Crippen LogP contribution >= 0.6 is 23.8 Å². The van der Waals surface area contributed by atoms with Gasteiger partial charge in [0.2, 0.25) is 0 Å². The summed E-state index contributed by atoms with van der Waals surface area (Å²) in [6.45, 7) is 4.28. The minimum Gasteiger partial charge on any atom is -0.352 e. The van der Waals surface area contributed by atoms with E-state index in [1.54, 1.807) is 0 Å². The van der Waals surface area contributed by atoms with Crippen molar-refractivity contribution in [2.45, 2.75) is 25.9 Å². The second-order valence-electron chi connectivity index (χ2n) is 6.88. The summed E-state index contributed by atoms with van der Waals surface area (Å²) >= 11 is 11.6. The highest BCUT2D eigenvalue weighted by Gasteiger charge is 2.39. The molecule has 0 amide bonds. The summed E-state index contributed by atoms with van der Waals surface area (Å²) < 4.78 is 2.26. The first-order valence-corrected chi connectivity index (χ1v) is 9.65. The molecule has 1 saturated heterocycles. The van der Waals surface area contributed by atoms with Crippen molar-refractivity contribution in [3.8, 4) is 5.69 Å². The minimum absolute atomic E-state index is 0.0165. The van der Waals surface area contributed by atoms with Crippen molar-refractivity contribution >= 4 is 28.9 Å². The Morgan fingerprint density at radius 1 is 1.11 bits per heavy atom. The summed E-state index contributed by atoms with van der Waals surface area (Å²) in [6, 6.07) is 16.3. The van der Waals surface area contributed by atoms with Gasteiger partial charge < -0.3 is 14.8 Å². The zero-order valence-electron chi connectivity index (χ0n) is 15.5. The highest BCUT2D eigenvalue weighted by atomic mass is 35.5. The molecule has 2 atom stereocenters. The van der Waals surface area contributed by atoms with Crippen LogP contribution in [0.2, 0.25) is 5.02 Å². The number of nitrogens with zero attached hydrogens (tertiary/aromatic N) is 3. The Morgan fingerprint density at radius 2 is 1.85 bits per heavy atom. The van der Waals surface area contributed by atoms with E-state index in [9.17, 15) is 0 Å². The van der Waals surface area contributed by atoms with Crippen LogP contribution in [0, 0.1) is 13.8 Å². The van der Waals surface area contributed by atoms with Gasteiger partial charge in [-0.3, -0.25) is 4.98 Å². The number of likely N-dealkylation sites (N-methyl/N-ethyl adjacent to an activating group) is 1. The lowest BCUT2D eigenvalue weighted by Gasteiger charge is -2.24. The largest absolute Gasteiger partial charge is 0.352 e. The lowest BCUT2D eigenvalue weighted by atomic mass is 9.97. The number of thiocarbonyl (C=S) groups is 1. The zero-order chi connectivity index (χ0) is 19.1. The first-order chi connectivity index (χ1) is 13.0. The maximum absolute atomic E-state index is 6.06. The van der Waals surface area contributed by atoms with Crippen molar-refractivity contribution in [2.24, 2.45) is 0 Å². The molecule has 1 aliphatic rings. The molecule has 0 spiro atoms. The Bertz CT molecular complexity index is 981. The second kappa shape index (κ2) is 6.98. The van der Waals surface area contributed by atoms with Gasteiger partial charge in [0.05, 0.1) is 17.8 Å². The molecule has 1 N–H and O–H groups in total. The fourth-order valence-corrected chi connectivity index (χ4v) is 4.29. The van der Waals surface area contributed by atoms with Gasteiger partial charge in [0.25, 0.3) is 0 Å². The highest BCUT2D eigenvalue weighted by Crippen LogP contribution is 2.40. The van der Waals surface area contributed by atoms with Crippen molar-refractivity contribution in [3.05, 3.63) is 82.4 Å². The average Bonchev–Trinajstić information content (AvgIpc) is 3.12. The molecule has 3 heterocycles. The van der Waals surface area contributed by atoms with Gasteiger partial charge in [-0.15, -0.1) is 0 Å². The van der Waals surface area contributed by atoms with E-state index >= 15 is 0 Å². The van der Waals surface area contributed by atoms with Crippen LogP contribution < -0.4 is 5.32 Å². The number of nitrogens with one attached hydrogen (secondary N) is 1. The molecule has 4 rings (SSSR count). The smallest absolute Gasteiger partial charge is 0.169 e. The van der Waals surface area contributed by atoms with E-state index in [4.69, 9.17) is 23.8 Å². The van der Waals surface area contributed by atoms with Crippen LogP contribution in [-0.4, -0.2) is 26.6 Å². The summed E-state index contributed by atoms with van der Waals surface area (Å²) in [7, 11) is 2.04. The fraction of sp³-hybridized carbons (Fsp3) is 0.238. The normalized spacial score (nSPS) is 19.4. The molecule has 0 bridgehead atoms. The van der Waals surface area contributed by atoms with Gasteiger partial charge in [-0.1, -0.05) is 17.7 Å². The van der Waals surface area contributed by atoms with Crippen molar-refractivity contribution in [3.63, 3.8) is 0 Å². The molecular formula is C21H21ClN4S. The standard InChI is InChI=1S/C21H21ClN4S/c1-13-12-17(14(2)26(13)16-9-7-15(22)8-10-16)20-19(24-21(27)25(20)3)18-6-4-5-11-23-18/h4-12,19-20H,1-3H3,(H,24,27)/t19-,20-/m0/s1. The molecule has 3 aromatic rings. The molecule has 6 heteroatoms. The third-order valence-electron chi connectivity index (χ3n) is 5.21. The van der Waals surface area contributed by atoms with Crippen molar-refractivity contribution < 1.29 is 0 Å². The van der Waals surface area contributed by atoms with Gasteiger partial charge in [0.1, 0.15) is 0 Å². The molecule has 138 valence electrons. The molecule has 2 aromatic heterocycles. The SMILES string of the molecule is Cc1cc([C@H]2[C@H](c3ccccn3)NC(=S)N2C)c(C)n1-c1ccc(Cl)cc1. The monoisotopic (exact) mass is 396 g/mol. The van der Waals surface area contributed by atoms with E-state index in [-0.39, 0.29) is 12.1 Å². The number of benzene rings is 1. The second-order valence-corrected chi connectivity index (χ2v) is 7.70. The molecule has 27 heavy (non-hydrogen) atoms. The van der Waals surface area contributed by atoms with Crippen LogP contribution in [0.5, 0.6) is 0 Å². The molecule has 1 aliphatic heterocycles. The molecule has 0 unspecified atom stereocenters. The Kier molecular flexibility index (Phi) is 4.66. The fourth-order valence-electron chi connectivity index (χ4n) is 3.92. The van der Waals surface area contributed by atoms with Crippen molar-refractivity contribution in [1.82, 2.24) is 19.8 Å². The van der Waals surface area contributed by atoms with Gasteiger partial charge in [0, 0.05) is 35.3 Å². The van der Waals surface area contributed by atoms with E-state index in [1.807, 2.05) is 55.7 Å². The Balaban J connectivity index is 1.81. The number of hydrogen-bond donors (Lipinski definition) is 1. The van der Waals surface area contributed by atoms with Crippen LogP contribution in [0.25, 0.3) is 5.69 Å². The number of aryl methyl sites for hydroxylation is 1. The molecule has 0 saturated carbocycles. The van der Waals surface area contributed by atoms with Crippen molar-refractivity contribution in [2.75, 3.05) is 7.05 Å². The van der Waals surface area contributed by atoms with E-state index < -0.39 is 0 Å².